The maximum atomic E-state index is 12.2. The standard InChI is InChI=1S/C9H11F6NO4/c1-19-6(17)2-3-16(4-8(10,11)12)7(18)20-5-9(13,14)15/h2-5H2,1H3. The zero-order chi connectivity index (χ0) is 16.0. The highest BCUT2D eigenvalue weighted by molar-refractivity contribution is 5.71. The van der Waals surface area contributed by atoms with Gasteiger partial charge in [-0.25, -0.2) is 4.79 Å². The summed E-state index contributed by atoms with van der Waals surface area (Å²) in [6.07, 6.45) is -12.1. The molecule has 0 saturated carbocycles. The predicted molar refractivity (Wildman–Crippen MR) is 51.7 cm³/mol. The number of rotatable bonds is 5. The molecule has 5 nitrogen and oxygen atoms in total. The Morgan fingerprint density at radius 2 is 1.60 bits per heavy atom. The quantitative estimate of drug-likeness (QED) is 0.576. The number of carbonyl (C=O) groups excluding carboxylic acids is 2. The van der Waals surface area contributed by atoms with E-state index in [1.165, 1.54) is 0 Å². The molecule has 0 spiro atoms. The van der Waals surface area contributed by atoms with Crippen molar-refractivity contribution in [1.29, 1.82) is 0 Å². The van der Waals surface area contributed by atoms with E-state index in [0.29, 0.717) is 0 Å². The van der Waals surface area contributed by atoms with Crippen molar-refractivity contribution in [2.24, 2.45) is 0 Å². The zero-order valence-electron chi connectivity index (χ0n) is 10.2. The number of ether oxygens (including phenoxy) is 2. The van der Waals surface area contributed by atoms with E-state index in [0.717, 1.165) is 7.11 Å². The molecule has 0 fully saturated rings. The molecular formula is C9H11F6NO4. The van der Waals surface area contributed by atoms with Crippen LogP contribution in [0.4, 0.5) is 31.1 Å². The largest absolute Gasteiger partial charge is 0.469 e. The van der Waals surface area contributed by atoms with Crippen LogP contribution >= 0.6 is 0 Å². The lowest BCUT2D eigenvalue weighted by Gasteiger charge is -2.23. The first-order valence-corrected chi connectivity index (χ1v) is 5.06. The lowest BCUT2D eigenvalue weighted by molar-refractivity contribution is -0.168. The Bertz CT molecular complexity index is 340. The molecule has 0 aliphatic carbocycles. The van der Waals surface area contributed by atoms with Crippen molar-refractivity contribution in [3.05, 3.63) is 0 Å². The van der Waals surface area contributed by atoms with E-state index < -0.39 is 50.5 Å². The van der Waals surface area contributed by atoms with Crippen molar-refractivity contribution in [2.45, 2.75) is 18.8 Å². The molecule has 0 aliphatic rings. The molecular weight excluding hydrogens is 300 g/mol. The van der Waals surface area contributed by atoms with Crippen molar-refractivity contribution < 1.29 is 45.4 Å². The number of esters is 1. The molecule has 0 unspecified atom stereocenters. The van der Waals surface area contributed by atoms with Crippen molar-refractivity contribution in [1.82, 2.24) is 4.90 Å². The van der Waals surface area contributed by atoms with Gasteiger partial charge in [0, 0.05) is 6.54 Å². The lowest BCUT2D eigenvalue weighted by atomic mass is 10.4. The summed E-state index contributed by atoms with van der Waals surface area (Å²) in [4.78, 5) is 21.8. The average molecular weight is 311 g/mol. The van der Waals surface area contributed by atoms with Gasteiger partial charge in [0.05, 0.1) is 13.5 Å². The number of hydrogen-bond acceptors (Lipinski definition) is 4. The van der Waals surface area contributed by atoms with Gasteiger partial charge in [0.2, 0.25) is 0 Å². The fourth-order valence-corrected chi connectivity index (χ4v) is 1.01. The van der Waals surface area contributed by atoms with Gasteiger partial charge in [0.15, 0.2) is 6.61 Å². The highest BCUT2D eigenvalue weighted by Gasteiger charge is 2.36. The minimum Gasteiger partial charge on any atom is -0.469 e. The van der Waals surface area contributed by atoms with Gasteiger partial charge in [-0.3, -0.25) is 9.69 Å². The second-order valence-electron chi connectivity index (χ2n) is 3.53. The number of amides is 1. The second-order valence-corrected chi connectivity index (χ2v) is 3.53. The van der Waals surface area contributed by atoms with E-state index >= 15 is 0 Å². The molecule has 0 saturated heterocycles. The third-order valence-electron chi connectivity index (χ3n) is 1.80. The minimum atomic E-state index is -4.86. The Balaban J connectivity index is 4.58. The summed E-state index contributed by atoms with van der Waals surface area (Å²) in [5.41, 5.74) is 0. The summed E-state index contributed by atoms with van der Waals surface area (Å²) >= 11 is 0. The second kappa shape index (κ2) is 7.20. The number of methoxy groups -OCH3 is 1. The first-order valence-electron chi connectivity index (χ1n) is 5.06. The molecule has 0 aromatic carbocycles. The van der Waals surface area contributed by atoms with Crippen LogP contribution in [0.25, 0.3) is 0 Å². The SMILES string of the molecule is COC(=O)CCN(CC(F)(F)F)C(=O)OCC(F)(F)F. The smallest absolute Gasteiger partial charge is 0.422 e. The van der Waals surface area contributed by atoms with Gasteiger partial charge in [0.25, 0.3) is 0 Å². The number of carbonyl (C=O) groups is 2. The average Bonchev–Trinajstić information content (AvgIpc) is 2.28. The normalized spacial score (nSPS) is 11.9. The van der Waals surface area contributed by atoms with Crippen molar-refractivity contribution >= 4 is 12.1 Å². The van der Waals surface area contributed by atoms with Gasteiger partial charge in [-0.1, -0.05) is 0 Å². The summed E-state index contributed by atoms with van der Waals surface area (Å²) in [7, 11) is 0.971. The van der Waals surface area contributed by atoms with Gasteiger partial charge in [0.1, 0.15) is 6.54 Å². The lowest BCUT2D eigenvalue weighted by Crippen LogP contribution is -2.41. The van der Waals surface area contributed by atoms with E-state index in [2.05, 4.69) is 9.47 Å². The fraction of sp³-hybridized carbons (Fsp3) is 0.778. The van der Waals surface area contributed by atoms with Gasteiger partial charge >= 0.3 is 24.4 Å². The minimum absolute atomic E-state index is 0.0529. The van der Waals surface area contributed by atoms with E-state index in [1.54, 1.807) is 0 Å². The van der Waals surface area contributed by atoms with Crippen molar-refractivity contribution in [3.63, 3.8) is 0 Å². The Morgan fingerprint density at radius 3 is 2.00 bits per heavy atom. The third-order valence-corrected chi connectivity index (χ3v) is 1.80. The summed E-state index contributed by atoms with van der Waals surface area (Å²) in [6, 6.07) is 0. The Kier molecular flexibility index (Phi) is 6.59. The van der Waals surface area contributed by atoms with Gasteiger partial charge in [-0.05, 0) is 0 Å². The van der Waals surface area contributed by atoms with Crippen LogP contribution in [0.15, 0.2) is 0 Å². The molecule has 0 atom stereocenters. The van der Waals surface area contributed by atoms with Gasteiger partial charge in [-0.15, -0.1) is 0 Å². The van der Waals surface area contributed by atoms with Crippen molar-refractivity contribution in [2.75, 3.05) is 26.8 Å². The number of nitrogens with zero attached hydrogens (tertiary/aromatic N) is 1. The number of alkyl halides is 6. The van der Waals surface area contributed by atoms with Crippen LogP contribution in [-0.4, -0.2) is 56.1 Å². The van der Waals surface area contributed by atoms with Crippen LogP contribution < -0.4 is 0 Å². The molecule has 0 bridgehead atoms. The highest BCUT2D eigenvalue weighted by atomic mass is 19.4. The number of hydrogen-bond donors (Lipinski definition) is 0. The molecule has 0 aromatic heterocycles. The van der Waals surface area contributed by atoms with E-state index in [9.17, 15) is 35.9 Å². The molecule has 0 N–H and O–H groups in total. The first kappa shape index (κ1) is 18.3. The highest BCUT2D eigenvalue weighted by Crippen LogP contribution is 2.19. The van der Waals surface area contributed by atoms with Gasteiger partial charge in [-0.2, -0.15) is 26.3 Å². The van der Waals surface area contributed by atoms with E-state index in [-0.39, 0.29) is 4.90 Å². The number of halogens is 6. The molecule has 118 valence electrons. The van der Waals surface area contributed by atoms with Gasteiger partial charge < -0.3 is 9.47 Å². The Morgan fingerprint density at radius 1 is 1.05 bits per heavy atom. The van der Waals surface area contributed by atoms with Crippen LogP contribution in [0.1, 0.15) is 6.42 Å². The fourth-order valence-electron chi connectivity index (χ4n) is 1.01. The van der Waals surface area contributed by atoms with E-state index in [1.807, 2.05) is 0 Å². The van der Waals surface area contributed by atoms with E-state index in [4.69, 9.17) is 0 Å². The molecule has 20 heavy (non-hydrogen) atoms. The molecule has 0 heterocycles. The first-order chi connectivity index (χ1) is 8.94. The van der Waals surface area contributed by atoms with Crippen LogP contribution in [0.5, 0.6) is 0 Å². The van der Waals surface area contributed by atoms with Crippen LogP contribution in [0.2, 0.25) is 0 Å². The molecule has 0 radical (unpaired) electrons. The molecule has 0 aliphatic heterocycles. The van der Waals surface area contributed by atoms with Crippen molar-refractivity contribution in [3.8, 4) is 0 Å². The summed E-state index contributed by atoms with van der Waals surface area (Å²) in [5.74, 6) is -0.916. The van der Waals surface area contributed by atoms with Crippen LogP contribution in [0.3, 0.4) is 0 Å². The van der Waals surface area contributed by atoms with Crippen LogP contribution in [0, 0.1) is 0 Å². The third kappa shape index (κ3) is 9.28. The maximum absolute atomic E-state index is 12.2. The van der Waals surface area contributed by atoms with Crippen LogP contribution in [-0.2, 0) is 14.3 Å². The molecule has 1 amide bonds. The zero-order valence-corrected chi connectivity index (χ0v) is 10.2. The summed E-state index contributed by atoms with van der Waals surface area (Å²) < 4.78 is 79.7. The topological polar surface area (TPSA) is 55.8 Å². The summed E-state index contributed by atoms with van der Waals surface area (Å²) in [6.45, 7) is -4.62. The maximum Gasteiger partial charge on any atom is 0.422 e. The summed E-state index contributed by atoms with van der Waals surface area (Å²) in [5, 5.41) is 0. The molecule has 0 aromatic rings. The molecule has 0 rings (SSSR count). The Labute approximate surface area is 109 Å². The Hall–Kier alpha value is -1.68. The predicted octanol–water partition coefficient (Wildman–Crippen LogP) is 2.11. The monoisotopic (exact) mass is 311 g/mol. The molecule has 11 heteroatoms.